The minimum absolute atomic E-state index is 0.0266. The van der Waals surface area contributed by atoms with E-state index in [9.17, 15) is 8.42 Å². The molecular formula is C19H17NO4S. The Kier molecular flexibility index (Phi) is 3.20. The molecule has 25 heavy (non-hydrogen) atoms. The van der Waals surface area contributed by atoms with E-state index in [4.69, 9.17) is 8.83 Å². The van der Waals surface area contributed by atoms with Crippen molar-refractivity contribution in [3.63, 3.8) is 0 Å². The summed E-state index contributed by atoms with van der Waals surface area (Å²) in [5.41, 5.74) is 3.98. The normalized spacial score (nSPS) is 24.3. The van der Waals surface area contributed by atoms with E-state index in [0.29, 0.717) is 11.4 Å². The fraction of sp³-hybridized carbons (Fsp3) is 0.263. The summed E-state index contributed by atoms with van der Waals surface area (Å²) >= 11 is 0. The van der Waals surface area contributed by atoms with Crippen molar-refractivity contribution in [2.45, 2.75) is 22.6 Å². The summed E-state index contributed by atoms with van der Waals surface area (Å²) in [5, 5.41) is -0.353. The van der Waals surface area contributed by atoms with Crippen LogP contribution in [0.15, 0.2) is 69.1 Å². The van der Waals surface area contributed by atoms with Crippen LogP contribution in [0, 0.1) is 0 Å². The standard InChI is InChI=1S/C19H17NO4S/c21-25(22)18-2-1-14(15-4-6-24-12-15)7-16(18)17-9-20(10-19(17)25)8-13-3-5-23-11-13/h1-7,11-12,17,19H,8-10H2/t17-,19+/m1/s1. The van der Waals surface area contributed by atoms with E-state index in [-0.39, 0.29) is 11.2 Å². The van der Waals surface area contributed by atoms with Crippen LogP contribution in [0.3, 0.4) is 0 Å². The Hall–Kier alpha value is -2.31. The summed E-state index contributed by atoms with van der Waals surface area (Å²) < 4.78 is 36.2. The van der Waals surface area contributed by atoms with E-state index >= 15 is 0 Å². The summed E-state index contributed by atoms with van der Waals surface area (Å²) in [5.74, 6) is 0.0266. The number of hydrogen-bond acceptors (Lipinski definition) is 5. The third-order valence-corrected chi connectivity index (χ3v) is 7.56. The van der Waals surface area contributed by atoms with Crippen LogP contribution < -0.4 is 0 Å². The first-order valence-electron chi connectivity index (χ1n) is 8.27. The maximum absolute atomic E-state index is 12.9. The Bertz CT molecular complexity index is 1010. The SMILES string of the molecule is O=S1(=O)c2ccc(-c3ccoc3)cc2[C@H]2CN(Cc3ccoc3)C[C@@H]21. The van der Waals surface area contributed by atoms with E-state index in [1.807, 2.05) is 24.3 Å². The molecule has 2 atom stereocenters. The van der Waals surface area contributed by atoms with Crippen LogP contribution in [0.2, 0.25) is 0 Å². The number of benzene rings is 1. The molecule has 0 radical (unpaired) electrons. The van der Waals surface area contributed by atoms with Gasteiger partial charge in [0.2, 0.25) is 0 Å². The maximum atomic E-state index is 12.9. The Labute approximate surface area is 145 Å². The van der Waals surface area contributed by atoms with Gasteiger partial charge in [0, 0.05) is 36.7 Å². The Morgan fingerprint density at radius 3 is 2.60 bits per heavy atom. The molecule has 5 nitrogen and oxygen atoms in total. The van der Waals surface area contributed by atoms with Gasteiger partial charge in [0.1, 0.15) is 0 Å². The monoisotopic (exact) mass is 355 g/mol. The van der Waals surface area contributed by atoms with Gasteiger partial charge in [-0.25, -0.2) is 8.42 Å². The van der Waals surface area contributed by atoms with E-state index in [1.54, 1.807) is 31.1 Å². The molecule has 2 aromatic heterocycles. The predicted molar refractivity (Wildman–Crippen MR) is 91.8 cm³/mol. The lowest BCUT2D eigenvalue weighted by Crippen LogP contribution is -2.25. The minimum atomic E-state index is -3.27. The van der Waals surface area contributed by atoms with Crippen LogP contribution in [-0.2, 0) is 16.4 Å². The summed E-state index contributed by atoms with van der Waals surface area (Å²) in [4.78, 5) is 2.70. The highest BCUT2D eigenvalue weighted by Gasteiger charge is 2.50. The second-order valence-electron chi connectivity index (χ2n) is 6.78. The van der Waals surface area contributed by atoms with Crippen molar-refractivity contribution in [1.82, 2.24) is 4.90 Å². The fourth-order valence-corrected chi connectivity index (χ4v) is 6.30. The lowest BCUT2D eigenvalue weighted by atomic mass is 9.95. The predicted octanol–water partition coefficient (Wildman–Crippen LogP) is 3.29. The molecule has 3 aromatic rings. The lowest BCUT2D eigenvalue weighted by Gasteiger charge is -2.16. The molecule has 0 aliphatic carbocycles. The molecular weight excluding hydrogens is 338 g/mol. The average molecular weight is 355 g/mol. The summed E-state index contributed by atoms with van der Waals surface area (Å²) in [7, 11) is -3.27. The van der Waals surface area contributed by atoms with Gasteiger partial charge in [0.05, 0.1) is 35.2 Å². The molecule has 1 aromatic carbocycles. The van der Waals surface area contributed by atoms with Crippen LogP contribution in [0.5, 0.6) is 0 Å². The zero-order valence-corrected chi connectivity index (χ0v) is 14.3. The van der Waals surface area contributed by atoms with Gasteiger partial charge in [-0.05, 0) is 35.4 Å². The molecule has 0 spiro atoms. The molecule has 2 aliphatic heterocycles. The number of fused-ring (bicyclic) bond motifs is 3. The lowest BCUT2D eigenvalue weighted by molar-refractivity contribution is 0.324. The molecule has 0 N–H and O–H groups in total. The molecule has 0 bridgehead atoms. The van der Waals surface area contributed by atoms with Crippen LogP contribution >= 0.6 is 0 Å². The molecule has 1 saturated heterocycles. The second kappa shape index (κ2) is 5.34. The zero-order chi connectivity index (χ0) is 17.0. The first-order chi connectivity index (χ1) is 12.1. The van der Waals surface area contributed by atoms with Gasteiger partial charge in [0.25, 0.3) is 0 Å². The van der Waals surface area contributed by atoms with Crippen molar-refractivity contribution in [2.24, 2.45) is 0 Å². The van der Waals surface area contributed by atoms with Gasteiger partial charge in [-0.2, -0.15) is 0 Å². The van der Waals surface area contributed by atoms with Crippen LogP contribution in [0.1, 0.15) is 17.0 Å². The first-order valence-corrected chi connectivity index (χ1v) is 9.81. The second-order valence-corrected chi connectivity index (χ2v) is 8.92. The fourth-order valence-electron chi connectivity index (χ4n) is 4.10. The highest BCUT2D eigenvalue weighted by Crippen LogP contribution is 2.46. The largest absolute Gasteiger partial charge is 0.472 e. The van der Waals surface area contributed by atoms with Crippen molar-refractivity contribution in [1.29, 1.82) is 0 Å². The molecule has 4 heterocycles. The number of rotatable bonds is 3. The van der Waals surface area contributed by atoms with E-state index < -0.39 is 9.84 Å². The molecule has 6 heteroatoms. The molecule has 0 unspecified atom stereocenters. The summed E-state index contributed by atoms with van der Waals surface area (Å²) in [6.45, 7) is 2.03. The highest BCUT2D eigenvalue weighted by molar-refractivity contribution is 7.92. The maximum Gasteiger partial charge on any atom is 0.183 e. The Morgan fingerprint density at radius 2 is 1.84 bits per heavy atom. The van der Waals surface area contributed by atoms with Crippen LogP contribution in [0.4, 0.5) is 0 Å². The van der Waals surface area contributed by atoms with Crippen LogP contribution in [-0.4, -0.2) is 31.7 Å². The van der Waals surface area contributed by atoms with Gasteiger partial charge in [0.15, 0.2) is 9.84 Å². The van der Waals surface area contributed by atoms with Crippen LogP contribution in [0.25, 0.3) is 11.1 Å². The first kappa shape index (κ1) is 15.0. The van der Waals surface area contributed by atoms with Gasteiger partial charge >= 0.3 is 0 Å². The van der Waals surface area contributed by atoms with Gasteiger partial charge < -0.3 is 8.83 Å². The van der Waals surface area contributed by atoms with E-state index in [2.05, 4.69) is 4.90 Å². The zero-order valence-electron chi connectivity index (χ0n) is 13.5. The molecule has 1 fully saturated rings. The van der Waals surface area contributed by atoms with Crippen molar-refractivity contribution >= 4 is 9.84 Å². The molecule has 0 saturated carbocycles. The summed E-state index contributed by atoms with van der Waals surface area (Å²) in [6, 6.07) is 9.46. The minimum Gasteiger partial charge on any atom is -0.472 e. The number of likely N-dealkylation sites (tertiary alicyclic amines) is 1. The van der Waals surface area contributed by atoms with Crippen molar-refractivity contribution in [3.05, 3.63) is 66.5 Å². The molecule has 0 amide bonds. The number of sulfone groups is 1. The van der Waals surface area contributed by atoms with Gasteiger partial charge in [-0.15, -0.1) is 0 Å². The third kappa shape index (κ3) is 2.28. The molecule has 2 aliphatic rings. The van der Waals surface area contributed by atoms with Crippen molar-refractivity contribution in [2.75, 3.05) is 13.1 Å². The van der Waals surface area contributed by atoms with Crippen molar-refractivity contribution < 1.29 is 17.3 Å². The Morgan fingerprint density at radius 1 is 1.00 bits per heavy atom. The average Bonchev–Trinajstić information content (AvgIpc) is 3.37. The number of hydrogen-bond donors (Lipinski definition) is 0. The smallest absolute Gasteiger partial charge is 0.183 e. The topological polar surface area (TPSA) is 63.7 Å². The molecule has 128 valence electrons. The highest BCUT2D eigenvalue weighted by atomic mass is 32.2. The van der Waals surface area contributed by atoms with Gasteiger partial charge in [-0.3, -0.25) is 4.90 Å². The third-order valence-electron chi connectivity index (χ3n) is 5.30. The van der Waals surface area contributed by atoms with E-state index in [1.165, 1.54) is 0 Å². The van der Waals surface area contributed by atoms with E-state index in [0.717, 1.165) is 35.3 Å². The van der Waals surface area contributed by atoms with Crippen molar-refractivity contribution in [3.8, 4) is 11.1 Å². The number of furan rings is 2. The molecule has 5 rings (SSSR count). The summed E-state index contributed by atoms with van der Waals surface area (Å²) in [6.07, 6.45) is 6.68. The number of nitrogens with zero attached hydrogens (tertiary/aromatic N) is 1. The van der Waals surface area contributed by atoms with Gasteiger partial charge in [-0.1, -0.05) is 6.07 Å². The Balaban J connectivity index is 1.51. The quantitative estimate of drug-likeness (QED) is 0.721.